The van der Waals surface area contributed by atoms with Gasteiger partial charge in [-0.05, 0) is 36.4 Å². The fourth-order valence-corrected chi connectivity index (χ4v) is 3.89. The first-order chi connectivity index (χ1) is 13.5. The second kappa shape index (κ2) is 7.45. The van der Waals surface area contributed by atoms with Crippen LogP contribution in [0.4, 0.5) is 5.69 Å². The van der Waals surface area contributed by atoms with Crippen LogP contribution in [-0.4, -0.2) is 20.1 Å². The molecule has 3 aromatic rings. The van der Waals surface area contributed by atoms with E-state index in [1.165, 1.54) is 28.8 Å². The van der Waals surface area contributed by atoms with Gasteiger partial charge in [0.1, 0.15) is 21.6 Å². The van der Waals surface area contributed by atoms with E-state index in [1.807, 2.05) is 0 Å². The molecular weight excluding hydrogens is 400 g/mol. The summed E-state index contributed by atoms with van der Waals surface area (Å²) in [7, 11) is 0. The number of amides is 1. The predicted octanol–water partition coefficient (Wildman–Crippen LogP) is 4.85. The lowest BCUT2D eigenvalue weighted by atomic mass is 10.1. The van der Waals surface area contributed by atoms with Gasteiger partial charge in [-0.15, -0.1) is 0 Å². The van der Waals surface area contributed by atoms with Crippen LogP contribution in [0.2, 0.25) is 0 Å². The molecule has 1 aliphatic rings. The molecule has 0 unspecified atom stereocenters. The lowest BCUT2D eigenvalue weighted by Crippen LogP contribution is -2.27. The highest BCUT2D eigenvalue weighted by Crippen LogP contribution is 2.34. The summed E-state index contributed by atoms with van der Waals surface area (Å²) in [5.74, 6) is 1.48. The van der Waals surface area contributed by atoms with E-state index >= 15 is 0 Å². The van der Waals surface area contributed by atoms with Gasteiger partial charge < -0.3 is 8.83 Å². The highest BCUT2D eigenvalue weighted by Gasteiger charge is 2.32. The zero-order valence-electron chi connectivity index (χ0n) is 14.2. The first-order valence-electron chi connectivity index (χ1n) is 8.14. The molecule has 2 aromatic heterocycles. The van der Waals surface area contributed by atoms with Crippen molar-refractivity contribution in [3.63, 3.8) is 0 Å². The van der Waals surface area contributed by atoms with E-state index < -0.39 is 4.92 Å². The third-order valence-corrected chi connectivity index (χ3v) is 5.41. The van der Waals surface area contributed by atoms with Crippen LogP contribution in [0, 0.1) is 10.1 Å². The standard InChI is InChI=1S/C19H12N2O5S2/c22-18-17(28-19(27)20(18)11-15-2-1-9-25-15)10-14-7-8-16(26-14)12-3-5-13(6-4-12)21(23)24/h1-10H,11H2. The third kappa shape index (κ3) is 3.62. The molecule has 1 fully saturated rings. The van der Waals surface area contributed by atoms with Gasteiger partial charge in [-0.2, -0.15) is 0 Å². The van der Waals surface area contributed by atoms with Crippen molar-refractivity contribution in [2.75, 3.05) is 0 Å². The molecule has 1 aromatic carbocycles. The van der Waals surface area contributed by atoms with Gasteiger partial charge >= 0.3 is 0 Å². The zero-order chi connectivity index (χ0) is 19.7. The first kappa shape index (κ1) is 18.2. The summed E-state index contributed by atoms with van der Waals surface area (Å²) in [5, 5.41) is 10.7. The van der Waals surface area contributed by atoms with Gasteiger partial charge in [0.15, 0.2) is 0 Å². The highest BCUT2D eigenvalue weighted by molar-refractivity contribution is 8.26. The van der Waals surface area contributed by atoms with Crippen LogP contribution in [-0.2, 0) is 11.3 Å². The SMILES string of the molecule is O=C1C(=Cc2ccc(-c3ccc([N+](=O)[O-])cc3)o2)SC(=S)N1Cc1ccco1. The number of nitro benzene ring substituents is 1. The minimum absolute atomic E-state index is 0.00996. The number of thioether (sulfide) groups is 1. The first-order valence-corrected chi connectivity index (χ1v) is 9.36. The fourth-order valence-electron chi connectivity index (χ4n) is 2.66. The maximum absolute atomic E-state index is 12.6. The van der Waals surface area contributed by atoms with Crippen molar-refractivity contribution in [1.29, 1.82) is 0 Å². The monoisotopic (exact) mass is 412 g/mol. The number of rotatable bonds is 5. The Kier molecular flexibility index (Phi) is 4.84. The van der Waals surface area contributed by atoms with E-state index in [0.29, 0.717) is 32.1 Å². The Morgan fingerprint density at radius 1 is 1.18 bits per heavy atom. The van der Waals surface area contributed by atoms with Crippen molar-refractivity contribution < 1.29 is 18.6 Å². The van der Waals surface area contributed by atoms with Crippen molar-refractivity contribution in [3.05, 3.63) is 81.3 Å². The molecule has 3 heterocycles. The van der Waals surface area contributed by atoms with Crippen LogP contribution < -0.4 is 0 Å². The van der Waals surface area contributed by atoms with Crippen molar-refractivity contribution in [2.45, 2.75) is 6.54 Å². The Morgan fingerprint density at radius 2 is 1.96 bits per heavy atom. The van der Waals surface area contributed by atoms with Crippen molar-refractivity contribution in [3.8, 4) is 11.3 Å². The Balaban J connectivity index is 1.52. The summed E-state index contributed by atoms with van der Waals surface area (Å²) in [6.45, 7) is 0.279. The summed E-state index contributed by atoms with van der Waals surface area (Å²) >= 11 is 6.50. The van der Waals surface area contributed by atoms with Crippen LogP contribution in [0.5, 0.6) is 0 Å². The predicted molar refractivity (Wildman–Crippen MR) is 108 cm³/mol. The second-order valence-corrected chi connectivity index (χ2v) is 7.53. The number of carbonyl (C=O) groups excluding carboxylic acids is 1. The van der Waals surface area contributed by atoms with E-state index in [4.69, 9.17) is 21.1 Å². The van der Waals surface area contributed by atoms with Gasteiger partial charge in [-0.3, -0.25) is 19.8 Å². The molecule has 1 amide bonds. The van der Waals surface area contributed by atoms with Crippen LogP contribution in [0.3, 0.4) is 0 Å². The molecule has 7 nitrogen and oxygen atoms in total. The van der Waals surface area contributed by atoms with Gasteiger partial charge in [-0.25, -0.2) is 0 Å². The molecule has 1 aliphatic heterocycles. The molecule has 9 heteroatoms. The number of nitro groups is 1. The van der Waals surface area contributed by atoms with Crippen molar-refractivity contribution >= 4 is 46.0 Å². The zero-order valence-corrected chi connectivity index (χ0v) is 15.9. The molecule has 140 valence electrons. The molecule has 1 saturated heterocycles. The molecule has 0 saturated carbocycles. The maximum Gasteiger partial charge on any atom is 0.269 e. The highest BCUT2D eigenvalue weighted by atomic mass is 32.2. The number of hydrogen-bond acceptors (Lipinski definition) is 7. The fraction of sp³-hybridized carbons (Fsp3) is 0.0526. The lowest BCUT2D eigenvalue weighted by Gasteiger charge is -2.11. The van der Waals surface area contributed by atoms with Crippen LogP contribution >= 0.6 is 24.0 Å². The van der Waals surface area contributed by atoms with E-state index in [9.17, 15) is 14.9 Å². The smallest absolute Gasteiger partial charge is 0.269 e. The second-order valence-electron chi connectivity index (χ2n) is 5.85. The average molecular weight is 412 g/mol. The molecule has 0 N–H and O–H groups in total. The maximum atomic E-state index is 12.6. The molecule has 0 aliphatic carbocycles. The Hall–Kier alpha value is -3.17. The number of carbonyl (C=O) groups is 1. The summed E-state index contributed by atoms with van der Waals surface area (Å²) in [5.41, 5.74) is 0.714. The summed E-state index contributed by atoms with van der Waals surface area (Å²) in [6, 6.07) is 13.1. The number of non-ortho nitro benzene ring substituents is 1. The molecular formula is C19H12N2O5S2. The van der Waals surface area contributed by atoms with E-state index in [0.717, 1.165) is 0 Å². The van der Waals surface area contributed by atoms with Gasteiger partial charge in [0.2, 0.25) is 0 Å². The van der Waals surface area contributed by atoms with E-state index in [-0.39, 0.29) is 18.1 Å². The van der Waals surface area contributed by atoms with Crippen molar-refractivity contribution in [2.24, 2.45) is 0 Å². The summed E-state index contributed by atoms with van der Waals surface area (Å²) in [4.78, 5) is 24.9. The number of benzene rings is 1. The topological polar surface area (TPSA) is 89.7 Å². The number of hydrogen-bond donors (Lipinski definition) is 0. The van der Waals surface area contributed by atoms with Crippen LogP contribution in [0.15, 0.2) is 68.5 Å². The third-order valence-electron chi connectivity index (χ3n) is 4.03. The Labute approximate surface area is 168 Å². The Morgan fingerprint density at radius 3 is 2.64 bits per heavy atom. The Bertz CT molecular complexity index is 1080. The number of nitrogens with zero attached hydrogens (tertiary/aromatic N) is 2. The molecule has 0 atom stereocenters. The minimum Gasteiger partial charge on any atom is -0.467 e. The largest absolute Gasteiger partial charge is 0.467 e. The van der Waals surface area contributed by atoms with Gasteiger partial charge in [0, 0.05) is 23.8 Å². The lowest BCUT2D eigenvalue weighted by molar-refractivity contribution is -0.384. The van der Waals surface area contributed by atoms with E-state index in [2.05, 4.69) is 0 Å². The van der Waals surface area contributed by atoms with Gasteiger partial charge in [-0.1, -0.05) is 24.0 Å². The molecule has 28 heavy (non-hydrogen) atoms. The minimum atomic E-state index is -0.456. The molecule has 4 rings (SSSR count). The normalized spacial score (nSPS) is 15.6. The van der Waals surface area contributed by atoms with E-state index in [1.54, 1.807) is 48.7 Å². The molecule has 0 spiro atoms. The number of furan rings is 2. The van der Waals surface area contributed by atoms with Gasteiger partial charge in [0.25, 0.3) is 11.6 Å². The quantitative estimate of drug-likeness (QED) is 0.256. The summed E-state index contributed by atoms with van der Waals surface area (Å²) < 4.78 is 11.5. The van der Waals surface area contributed by atoms with Crippen molar-refractivity contribution in [1.82, 2.24) is 4.90 Å². The average Bonchev–Trinajstić information content (AvgIpc) is 3.41. The van der Waals surface area contributed by atoms with Crippen LogP contribution in [0.25, 0.3) is 17.4 Å². The molecule has 0 bridgehead atoms. The molecule has 0 radical (unpaired) electrons. The van der Waals surface area contributed by atoms with Gasteiger partial charge in [0.05, 0.1) is 22.6 Å². The summed E-state index contributed by atoms with van der Waals surface area (Å²) in [6.07, 6.45) is 3.18. The number of thiocarbonyl (C=S) groups is 1. The van der Waals surface area contributed by atoms with Crippen LogP contribution in [0.1, 0.15) is 11.5 Å².